The number of methoxy groups -OCH3 is 1. The van der Waals surface area contributed by atoms with Crippen molar-refractivity contribution in [2.75, 3.05) is 38.7 Å². The number of carbonyl (C=O) groups excluding carboxylic acids is 2. The van der Waals surface area contributed by atoms with Crippen molar-refractivity contribution < 1.29 is 23.6 Å². The quantitative estimate of drug-likeness (QED) is 0.612. The first-order chi connectivity index (χ1) is 12.7. The van der Waals surface area contributed by atoms with E-state index in [-0.39, 0.29) is 25.0 Å². The van der Waals surface area contributed by atoms with Crippen molar-refractivity contribution >= 4 is 17.6 Å². The number of hydrogen-bond donors (Lipinski definition) is 1. The molecule has 140 valence electrons. The zero-order chi connectivity index (χ0) is 18.6. The van der Waals surface area contributed by atoms with E-state index < -0.39 is 0 Å². The number of amides is 2. The van der Waals surface area contributed by atoms with Gasteiger partial charge in [0.2, 0.25) is 11.8 Å². The predicted octanol–water partition coefficient (Wildman–Crippen LogP) is 1.69. The van der Waals surface area contributed by atoms with E-state index in [1.54, 1.807) is 7.11 Å². The van der Waals surface area contributed by atoms with Crippen LogP contribution in [0.4, 0.5) is 5.82 Å². The fourth-order valence-corrected chi connectivity index (χ4v) is 2.25. The standard InChI is InChI=1S/C18H23N3O5/c1-24-10-5-9-21(12-17(22)19-16-8-11-26-20-16)18(23)14-25-13-15-6-3-2-4-7-15/h2-4,6-8,11H,5,9-10,12-14H2,1H3,(H,19,20,22). The molecule has 1 N–H and O–H groups in total. The molecule has 0 aliphatic rings. The average Bonchev–Trinajstić information content (AvgIpc) is 3.14. The second-order valence-electron chi connectivity index (χ2n) is 5.57. The van der Waals surface area contributed by atoms with Crippen LogP contribution < -0.4 is 5.32 Å². The van der Waals surface area contributed by atoms with Crippen LogP contribution in [0.2, 0.25) is 0 Å². The van der Waals surface area contributed by atoms with E-state index in [4.69, 9.17) is 9.47 Å². The average molecular weight is 361 g/mol. The summed E-state index contributed by atoms with van der Waals surface area (Å²) >= 11 is 0. The van der Waals surface area contributed by atoms with Crippen LogP contribution in [0.3, 0.4) is 0 Å². The number of carbonyl (C=O) groups is 2. The van der Waals surface area contributed by atoms with Gasteiger partial charge in [-0.15, -0.1) is 0 Å². The summed E-state index contributed by atoms with van der Waals surface area (Å²) in [5, 5.41) is 6.18. The molecule has 8 nitrogen and oxygen atoms in total. The van der Waals surface area contributed by atoms with Crippen molar-refractivity contribution in [3.05, 3.63) is 48.2 Å². The Hall–Kier alpha value is -2.71. The Morgan fingerprint density at radius 3 is 2.73 bits per heavy atom. The van der Waals surface area contributed by atoms with Gasteiger partial charge in [-0.3, -0.25) is 9.59 Å². The molecule has 1 aromatic carbocycles. The molecule has 0 saturated carbocycles. The first-order valence-corrected chi connectivity index (χ1v) is 8.27. The summed E-state index contributed by atoms with van der Waals surface area (Å²) in [6, 6.07) is 11.1. The number of ether oxygens (including phenoxy) is 2. The molecule has 0 bridgehead atoms. The third-order valence-corrected chi connectivity index (χ3v) is 3.51. The number of nitrogens with one attached hydrogen (secondary N) is 1. The Morgan fingerprint density at radius 1 is 1.23 bits per heavy atom. The molecule has 26 heavy (non-hydrogen) atoms. The smallest absolute Gasteiger partial charge is 0.249 e. The Labute approximate surface area is 152 Å². The summed E-state index contributed by atoms with van der Waals surface area (Å²) in [5.41, 5.74) is 0.981. The van der Waals surface area contributed by atoms with E-state index in [0.29, 0.717) is 32.0 Å². The minimum absolute atomic E-state index is 0.0932. The van der Waals surface area contributed by atoms with Gasteiger partial charge in [0.15, 0.2) is 5.82 Å². The summed E-state index contributed by atoms with van der Waals surface area (Å²) in [6.07, 6.45) is 1.98. The highest BCUT2D eigenvalue weighted by Crippen LogP contribution is 2.04. The lowest BCUT2D eigenvalue weighted by atomic mass is 10.2. The second kappa shape index (κ2) is 11.0. The minimum atomic E-state index is -0.354. The fourth-order valence-electron chi connectivity index (χ4n) is 2.25. The largest absolute Gasteiger partial charge is 0.385 e. The molecule has 0 aliphatic carbocycles. The maximum Gasteiger partial charge on any atom is 0.249 e. The molecule has 0 saturated heterocycles. The van der Waals surface area contributed by atoms with Gasteiger partial charge < -0.3 is 24.2 Å². The number of hydrogen-bond acceptors (Lipinski definition) is 6. The van der Waals surface area contributed by atoms with Crippen molar-refractivity contribution in [3.8, 4) is 0 Å². The maximum atomic E-state index is 12.4. The summed E-state index contributed by atoms with van der Waals surface area (Å²) in [5.74, 6) is -0.306. The molecule has 0 fully saturated rings. The Balaban J connectivity index is 1.83. The van der Waals surface area contributed by atoms with Gasteiger partial charge in [-0.1, -0.05) is 35.5 Å². The Bertz CT molecular complexity index is 661. The van der Waals surface area contributed by atoms with Crippen molar-refractivity contribution in [2.45, 2.75) is 13.0 Å². The Kier molecular flexibility index (Phi) is 8.31. The minimum Gasteiger partial charge on any atom is -0.385 e. The molecule has 1 heterocycles. The summed E-state index contributed by atoms with van der Waals surface area (Å²) in [6.45, 7) is 1.04. The van der Waals surface area contributed by atoms with Crippen molar-refractivity contribution in [2.24, 2.45) is 0 Å². The van der Waals surface area contributed by atoms with Crippen LogP contribution in [0.25, 0.3) is 0 Å². The molecule has 2 aromatic rings. The lowest BCUT2D eigenvalue weighted by molar-refractivity contribution is -0.139. The van der Waals surface area contributed by atoms with Crippen molar-refractivity contribution in [1.82, 2.24) is 10.1 Å². The van der Waals surface area contributed by atoms with Crippen LogP contribution in [0.1, 0.15) is 12.0 Å². The third kappa shape index (κ3) is 7.04. The van der Waals surface area contributed by atoms with Gasteiger partial charge >= 0.3 is 0 Å². The van der Waals surface area contributed by atoms with Gasteiger partial charge in [0, 0.05) is 26.3 Å². The van der Waals surface area contributed by atoms with Gasteiger partial charge in [0.1, 0.15) is 12.9 Å². The van der Waals surface area contributed by atoms with Crippen LogP contribution in [0, 0.1) is 0 Å². The van der Waals surface area contributed by atoms with E-state index in [0.717, 1.165) is 5.56 Å². The van der Waals surface area contributed by atoms with Gasteiger partial charge in [0.05, 0.1) is 13.2 Å². The number of anilines is 1. The number of rotatable bonds is 11. The highest BCUT2D eigenvalue weighted by molar-refractivity contribution is 5.93. The first kappa shape index (κ1) is 19.6. The maximum absolute atomic E-state index is 12.4. The number of nitrogens with zero attached hydrogens (tertiary/aromatic N) is 2. The molecule has 0 radical (unpaired) electrons. The van der Waals surface area contributed by atoms with Gasteiger partial charge in [-0.25, -0.2) is 0 Å². The lowest BCUT2D eigenvalue weighted by Crippen LogP contribution is -2.41. The second-order valence-corrected chi connectivity index (χ2v) is 5.57. The van der Waals surface area contributed by atoms with Crippen molar-refractivity contribution in [3.63, 3.8) is 0 Å². The predicted molar refractivity (Wildman–Crippen MR) is 94.3 cm³/mol. The molecule has 0 unspecified atom stereocenters. The zero-order valence-corrected chi connectivity index (χ0v) is 14.7. The molecule has 2 amide bonds. The van der Waals surface area contributed by atoms with E-state index in [1.807, 2.05) is 30.3 Å². The van der Waals surface area contributed by atoms with Crippen LogP contribution in [0.5, 0.6) is 0 Å². The van der Waals surface area contributed by atoms with Gasteiger partial charge in [0.25, 0.3) is 0 Å². The summed E-state index contributed by atoms with van der Waals surface area (Å²) < 4.78 is 15.1. The van der Waals surface area contributed by atoms with Crippen LogP contribution in [0.15, 0.2) is 47.2 Å². The number of benzene rings is 1. The van der Waals surface area contributed by atoms with Crippen molar-refractivity contribution in [1.29, 1.82) is 0 Å². The van der Waals surface area contributed by atoms with Gasteiger partial charge in [-0.2, -0.15) is 0 Å². The van der Waals surface area contributed by atoms with E-state index >= 15 is 0 Å². The Morgan fingerprint density at radius 2 is 2.04 bits per heavy atom. The van der Waals surface area contributed by atoms with Gasteiger partial charge in [-0.05, 0) is 12.0 Å². The van der Waals surface area contributed by atoms with E-state index in [2.05, 4.69) is 15.0 Å². The molecule has 2 rings (SSSR count). The van der Waals surface area contributed by atoms with E-state index in [1.165, 1.54) is 17.2 Å². The summed E-state index contributed by atoms with van der Waals surface area (Å²) in [7, 11) is 1.59. The third-order valence-electron chi connectivity index (χ3n) is 3.51. The zero-order valence-electron chi connectivity index (χ0n) is 14.7. The molecular weight excluding hydrogens is 338 g/mol. The van der Waals surface area contributed by atoms with Crippen LogP contribution in [-0.2, 0) is 25.7 Å². The highest BCUT2D eigenvalue weighted by Gasteiger charge is 2.18. The summed E-state index contributed by atoms with van der Waals surface area (Å²) in [4.78, 5) is 25.9. The van der Waals surface area contributed by atoms with Crippen LogP contribution in [-0.4, -0.2) is 55.3 Å². The molecule has 1 aromatic heterocycles. The molecule has 0 atom stereocenters. The molecule has 0 aliphatic heterocycles. The lowest BCUT2D eigenvalue weighted by Gasteiger charge is -2.22. The molecule has 0 spiro atoms. The monoisotopic (exact) mass is 361 g/mol. The van der Waals surface area contributed by atoms with Crippen LogP contribution >= 0.6 is 0 Å². The molecular formula is C18H23N3O5. The van der Waals surface area contributed by atoms with E-state index in [9.17, 15) is 9.59 Å². The fraction of sp³-hybridized carbons (Fsp3) is 0.389. The normalized spacial score (nSPS) is 10.5. The number of aromatic nitrogens is 1. The first-order valence-electron chi connectivity index (χ1n) is 8.27. The molecule has 8 heteroatoms. The topological polar surface area (TPSA) is 93.9 Å². The highest BCUT2D eigenvalue weighted by atomic mass is 16.5. The SMILES string of the molecule is COCCCN(CC(=O)Nc1ccon1)C(=O)COCc1ccccc1.